The molecule has 7 heteroatoms. The van der Waals surface area contributed by atoms with Crippen LogP contribution in [0.15, 0.2) is 6.33 Å². The number of carbonyl (C=O) groups excluding carboxylic acids is 1. The first-order valence-corrected chi connectivity index (χ1v) is 4.62. The Hall–Kier alpha value is -1.14. The lowest BCUT2D eigenvalue weighted by Gasteiger charge is -2.21. The monoisotopic (exact) mass is 231 g/mol. The van der Waals surface area contributed by atoms with E-state index in [1.54, 1.807) is 0 Å². The minimum atomic E-state index is -0.465. The molecule has 2 heterocycles. The van der Waals surface area contributed by atoms with E-state index in [4.69, 9.17) is 0 Å². The molecule has 15 heavy (non-hydrogen) atoms. The molecule has 1 aromatic rings. The van der Waals surface area contributed by atoms with Gasteiger partial charge >= 0.3 is 0 Å². The number of H-pyrrole nitrogens is 1. The smallest absolute Gasteiger partial charge is 0.246 e. The summed E-state index contributed by atoms with van der Waals surface area (Å²) in [5.74, 6) is 0.330. The molecule has 1 aliphatic heterocycles. The fraction of sp³-hybridized carbons (Fsp3) is 0.625. The van der Waals surface area contributed by atoms with Crippen LogP contribution in [0.5, 0.6) is 0 Å². The van der Waals surface area contributed by atoms with Gasteiger partial charge in [0, 0.05) is 0 Å². The van der Waals surface area contributed by atoms with Crippen LogP contribution in [0.4, 0.5) is 5.95 Å². The van der Waals surface area contributed by atoms with Gasteiger partial charge < -0.3 is 5.32 Å². The van der Waals surface area contributed by atoms with Gasteiger partial charge in [-0.25, -0.2) is 5.10 Å². The maximum atomic E-state index is 11.8. The standard InChI is InChI=1S/C8H13N5O.ClH/c1-8(3-2-4-10-8)6(14)12-7-9-5-11-13-7;/h5,10H,2-4H2,1H3,(H2,9,11,12,13,14);1H. The van der Waals surface area contributed by atoms with Gasteiger partial charge in [0.05, 0.1) is 5.54 Å². The lowest BCUT2D eigenvalue weighted by atomic mass is 10.00. The second kappa shape index (κ2) is 4.59. The number of nitrogens with one attached hydrogen (secondary N) is 3. The maximum Gasteiger partial charge on any atom is 0.246 e. The van der Waals surface area contributed by atoms with Crippen molar-refractivity contribution >= 4 is 24.3 Å². The van der Waals surface area contributed by atoms with Gasteiger partial charge in [0.1, 0.15) is 6.33 Å². The van der Waals surface area contributed by atoms with Crippen molar-refractivity contribution in [3.05, 3.63) is 6.33 Å². The van der Waals surface area contributed by atoms with E-state index in [1.807, 2.05) is 6.92 Å². The number of amides is 1. The summed E-state index contributed by atoms with van der Waals surface area (Å²) < 4.78 is 0. The molecule has 6 nitrogen and oxygen atoms in total. The van der Waals surface area contributed by atoms with Crippen LogP contribution in [-0.4, -0.2) is 33.2 Å². The molecule has 2 rings (SSSR count). The normalized spacial score (nSPS) is 24.6. The zero-order valence-corrected chi connectivity index (χ0v) is 9.23. The van der Waals surface area contributed by atoms with Crippen LogP contribution in [0, 0.1) is 0 Å². The van der Waals surface area contributed by atoms with Gasteiger partial charge in [-0.15, -0.1) is 12.4 Å². The number of halogens is 1. The summed E-state index contributed by atoms with van der Waals surface area (Å²) in [6.45, 7) is 2.78. The number of anilines is 1. The predicted molar refractivity (Wildman–Crippen MR) is 57.9 cm³/mol. The van der Waals surface area contributed by atoms with E-state index in [9.17, 15) is 4.79 Å². The van der Waals surface area contributed by atoms with Crippen molar-refractivity contribution in [2.45, 2.75) is 25.3 Å². The molecule has 0 aromatic carbocycles. The first-order valence-electron chi connectivity index (χ1n) is 4.62. The van der Waals surface area contributed by atoms with Crippen LogP contribution in [-0.2, 0) is 4.79 Å². The number of carbonyl (C=O) groups is 1. The fourth-order valence-electron chi connectivity index (χ4n) is 1.60. The molecule has 1 atom stereocenters. The Labute approximate surface area is 93.6 Å². The second-order valence-electron chi connectivity index (χ2n) is 3.65. The Morgan fingerprint density at radius 2 is 2.47 bits per heavy atom. The summed E-state index contributed by atoms with van der Waals surface area (Å²) in [6.07, 6.45) is 3.24. The molecule has 1 aromatic heterocycles. The minimum absolute atomic E-state index is 0. The van der Waals surface area contributed by atoms with Gasteiger partial charge in [-0.2, -0.15) is 10.1 Å². The molecule has 0 bridgehead atoms. The van der Waals surface area contributed by atoms with Crippen molar-refractivity contribution < 1.29 is 4.79 Å². The van der Waals surface area contributed by atoms with Crippen molar-refractivity contribution in [1.82, 2.24) is 20.5 Å². The largest absolute Gasteiger partial charge is 0.304 e. The van der Waals surface area contributed by atoms with E-state index in [-0.39, 0.29) is 18.3 Å². The molecule has 1 unspecified atom stereocenters. The van der Waals surface area contributed by atoms with E-state index in [2.05, 4.69) is 25.8 Å². The second-order valence-corrected chi connectivity index (χ2v) is 3.65. The molecule has 84 valence electrons. The molecule has 1 aliphatic rings. The topological polar surface area (TPSA) is 82.7 Å². The summed E-state index contributed by atoms with van der Waals surface area (Å²) in [6, 6.07) is 0. The lowest BCUT2D eigenvalue weighted by molar-refractivity contribution is -0.121. The van der Waals surface area contributed by atoms with E-state index in [0.29, 0.717) is 5.95 Å². The van der Waals surface area contributed by atoms with Gasteiger partial charge in [0.15, 0.2) is 0 Å². The van der Waals surface area contributed by atoms with Crippen LogP contribution in [0.3, 0.4) is 0 Å². The van der Waals surface area contributed by atoms with E-state index in [1.165, 1.54) is 6.33 Å². The molecule has 1 fully saturated rings. The Morgan fingerprint density at radius 1 is 1.67 bits per heavy atom. The van der Waals surface area contributed by atoms with E-state index in [0.717, 1.165) is 19.4 Å². The Balaban J connectivity index is 0.00000112. The van der Waals surface area contributed by atoms with Crippen LogP contribution in [0.1, 0.15) is 19.8 Å². The number of hydrogen-bond donors (Lipinski definition) is 3. The van der Waals surface area contributed by atoms with Crippen molar-refractivity contribution in [2.24, 2.45) is 0 Å². The number of hydrogen-bond acceptors (Lipinski definition) is 4. The highest BCUT2D eigenvalue weighted by molar-refractivity contribution is 5.96. The minimum Gasteiger partial charge on any atom is -0.304 e. The van der Waals surface area contributed by atoms with Crippen molar-refractivity contribution in [1.29, 1.82) is 0 Å². The molecule has 0 aliphatic carbocycles. The highest BCUT2D eigenvalue weighted by Gasteiger charge is 2.36. The van der Waals surface area contributed by atoms with Gasteiger partial charge in [0.2, 0.25) is 11.9 Å². The number of aromatic amines is 1. The van der Waals surface area contributed by atoms with Crippen LogP contribution in [0.2, 0.25) is 0 Å². The average molecular weight is 232 g/mol. The molecule has 0 spiro atoms. The Kier molecular flexibility index (Phi) is 3.65. The van der Waals surface area contributed by atoms with Gasteiger partial charge in [0.25, 0.3) is 0 Å². The highest BCUT2D eigenvalue weighted by Crippen LogP contribution is 2.19. The first-order chi connectivity index (χ1) is 6.71. The molecule has 1 saturated heterocycles. The molecular formula is C8H14ClN5O. The van der Waals surface area contributed by atoms with Gasteiger partial charge in [-0.05, 0) is 26.3 Å². The lowest BCUT2D eigenvalue weighted by Crippen LogP contribution is -2.48. The van der Waals surface area contributed by atoms with Crippen LogP contribution >= 0.6 is 12.4 Å². The SMILES string of the molecule is CC1(C(=O)Nc2ncn[nH]2)CCCN1.Cl. The summed E-state index contributed by atoms with van der Waals surface area (Å²) >= 11 is 0. The first kappa shape index (κ1) is 11.9. The van der Waals surface area contributed by atoms with Crippen LogP contribution in [0.25, 0.3) is 0 Å². The maximum absolute atomic E-state index is 11.8. The Bertz CT molecular complexity index is 320. The van der Waals surface area contributed by atoms with E-state index >= 15 is 0 Å². The van der Waals surface area contributed by atoms with Crippen LogP contribution < -0.4 is 10.6 Å². The fourth-order valence-corrected chi connectivity index (χ4v) is 1.60. The summed E-state index contributed by atoms with van der Waals surface area (Å²) in [5.41, 5.74) is -0.465. The van der Waals surface area contributed by atoms with E-state index < -0.39 is 5.54 Å². The molecule has 3 N–H and O–H groups in total. The highest BCUT2D eigenvalue weighted by atomic mass is 35.5. The summed E-state index contributed by atoms with van der Waals surface area (Å²) in [7, 11) is 0. The van der Waals surface area contributed by atoms with Gasteiger partial charge in [-0.3, -0.25) is 10.1 Å². The summed E-state index contributed by atoms with van der Waals surface area (Å²) in [5, 5.41) is 12.1. The summed E-state index contributed by atoms with van der Waals surface area (Å²) in [4.78, 5) is 15.6. The zero-order valence-electron chi connectivity index (χ0n) is 8.41. The third kappa shape index (κ3) is 2.45. The number of aromatic nitrogens is 3. The third-order valence-electron chi connectivity index (χ3n) is 2.52. The number of rotatable bonds is 2. The predicted octanol–water partition coefficient (Wildman–Crippen LogP) is 0.307. The van der Waals surface area contributed by atoms with Gasteiger partial charge in [-0.1, -0.05) is 0 Å². The zero-order chi connectivity index (χ0) is 10.0. The Morgan fingerprint density at radius 3 is 3.00 bits per heavy atom. The van der Waals surface area contributed by atoms with Crippen molar-refractivity contribution in [2.75, 3.05) is 11.9 Å². The quantitative estimate of drug-likeness (QED) is 0.684. The molecule has 0 radical (unpaired) electrons. The third-order valence-corrected chi connectivity index (χ3v) is 2.52. The number of nitrogens with zero attached hydrogens (tertiary/aromatic N) is 2. The molecule has 1 amide bonds. The van der Waals surface area contributed by atoms with Crippen molar-refractivity contribution in [3.8, 4) is 0 Å². The molecule has 0 saturated carbocycles. The molecular weight excluding hydrogens is 218 g/mol. The average Bonchev–Trinajstić information content (AvgIpc) is 2.76. The van der Waals surface area contributed by atoms with Crippen molar-refractivity contribution in [3.63, 3.8) is 0 Å².